The van der Waals surface area contributed by atoms with E-state index in [0.717, 1.165) is 35.6 Å². The van der Waals surface area contributed by atoms with Gasteiger partial charge < -0.3 is 15.1 Å². The average molecular weight is 601 g/mol. The Morgan fingerprint density at radius 2 is 1.67 bits per heavy atom. The minimum Gasteiger partial charge on any atom is -0.369 e. The second-order valence-electron chi connectivity index (χ2n) is 11.1. The van der Waals surface area contributed by atoms with Gasteiger partial charge in [-0.1, -0.05) is 6.07 Å². The van der Waals surface area contributed by atoms with Gasteiger partial charge in [-0.2, -0.15) is 18.3 Å². The molecule has 0 aliphatic carbocycles. The molecule has 230 valence electrons. The van der Waals surface area contributed by atoms with E-state index in [1.54, 1.807) is 39.0 Å². The third-order valence-corrected chi connectivity index (χ3v) is 8.01. The number of benzene rings is 2. The highest BCUT2D eigenvalue weighted by atomic mass is 19.4. The lowest BCUT2D eigenvalue weighted by atomic mass is 10.1. The number of hydrogen-bond acceptors (Lipinski definition) is 7. The molecule has 2 aliphatic heterocycles. The van der Waals surface area contributed by atoms with Gasteiger partial charge in [0.2, 0.25) is 0 Å². The molecule has 0 bridgehead atoms. The topological polar surface area (TPSA) is 71.9 Å². The molecule has 5 rings (SSSR count). The first kappa shape index (κ1) is 30.4. The van der Waals surface area contributed by atoms with Crippen molar-refractivity contribution in [2.24, 2.45) is 7.05 Å². The number of hydrazine groups is 2. The van der Waals surface area contributed by atoms with Crippen molar-refractivity contribution in [3.63, 3.8) is 0 Å². The molecule has 1 amide bonds. The molecular weight excluding hydrogens is 564 g/mol. The molecule has 1 saturated heterocycles. The fraction of sp³-hybridized carbons (Fsp3) is 0.400. The quantitative estimate of drug-likeness (QED) is 0.393. The molecule has 0 radical (unpaired) electrons. The molecule has 2 aliphatic rings. The molecule has 2 N–H and O–H groups in total. The lowest BCUT2D eigenvalue weighted by molar-refractivity contribution is -0.139. The third-order valence-electron chi connectivity index (χ3n) is 8.01. The first-order chi connectivity index (χ1) is 20.3. The van der Waals surface area contributed by atoms with Crippen molar-refractivity contribution < 1.29 is 22.4 Å². The van der Waals surface area contributed by atoms with Crippen molar-refractivity contribution in [3.05, 3.63) is 76.5 Å². The molecule has 3 aromatic rings. The van der Waals surface area contributed by atoms with Gasteiger partial charge in [-0.25, -0.2) is 4.39 Å². The molecule has 43 heavy (non-hydrogen) atoms. The normalized spacial score (nSPS) is 16.8. The van der Waals surface area contributed by atoms with Crippen LogP contribution in [0.5, 0.6) is 0 Å². The van der Waals surface area contributed by atoms with Crippen LogP contribution in [0.15, 0.2) is 42.7 Å². The fourth-order valence-electron chi connectivity index (χ4n) is 5.44. The Kier molecular flexibility index (Phi) is 8.39. The standard InChI is InChI=1S/C30H36F4N8O/c1-19-8-9-21(14-25(19)42-18-27(40(5)37-42)23-17-35-39(4)20(23)2)29(43)36-22-15-24(30(32,33)34)28(31)26(16-22)41-12-6-10-38(3)11-7-13-41/h8-9,14-18,37H,6-7,10-13H2,1-5H3,(H,36,43). The Balaban J connectivity index is 1.43. The predicted octanol–water partition coefficient (Wildman–Crippen LogP) is 5.15. The van der Waals surface area contributed by atoms with Crippen LogP contribution in [0.2, 0.25) is 0 Å². The molecule has 0 saturated carbocycles. The molecule has 0 atom stereocenters. The number of nitrogens with one attached hydrogen (secondary N) is 2. The zero-order chi connectivity index (χ0) is 31.1. The van der Waals surface area contributed by atoms with Gasteiger partial charge in [-0.15, -0.1) is 5.53 Å². The van der Waals surface area contributed by atoms with Crippen LogP contribution in [0.1, 0.15) is 45.6 Å². The summed E-state index contributed by atoms with van der Waals surface area (Å²) in [6, 6.07) is 6.98. The number of rotatable bonds is 5. The molecule has 13 heteroatoms. The number of carbonyl (C=O) groups is 1. The fourth-order valence-corrected chi connectivity index (χ4v) is 5.44. The van der Waals surface area contributed by atoms with E-state index < -0.39 is 23.5 Å². The minimum absolute atomic E-state index is 0.122. The smallest absolute Gasteiger partial charge is 0.369 e. The zero-order valence-electron chi connectivity index (χ0n) is 24.9. The second kappa shape index (κ2) is 11.9. The summed E-state index contributed by atoms with van der Waals surface area (Å²) in [6.45, 7) is 6.19. The molecule has 9 nitrogen and oxygen atoms in total. The van der Waals surface area contributed by atoms with Crippen LogP contribution in [-0.2, 0) is 13.2 Å². The third kappa shape index (κ3) is 6.32. The summed E-state index contributed by atoms with van der Waals surface area (Å²) in [5.74, 6) is -1.94. The maximum absolute atomic E-state index is 15.3. The molecule has 1 fully saturated rings. The average Bonchev–Trinajstić information content (AvgIpc) is 3.47. The first-order valence-electron chi connectivity index (χ1n) is 14.1. The van der Waals surface area contributed by atoms with Crippen LogP contribution >= 0.6 is 0 Å². The molecular formula is C30H36F4N8O. The summed E-state index contributed by atoms with van der Waals surface area (Å²) in [6.07, 6.45) is 0.0879. The number of aryl methyl sites for hydroxylation is 2. The van der Waals surface area contributed by atoms with Gasteiger partial charge in [0.1, 0.15) is 0 Å². The second-order valence-corrected chi connectivity index (χ2v) is 11.1. The number of aromatic nitrogens is 2. The minimum atomic E-state index is -4.93. The van der Waals surface area contributed by atoms with Gasteiger partial charge >= 0.3 is 6.18 Å². The summed E-state index contributed by atoms with van der Waals surface area (Å²) in [7, 11) is 5.71. The summed E-state index contributed by atoms with van der Waals surface area (Å²) in [4.78, 5) is 17.2. The van der Waals surface area contributed by atoms with Gasteiger partial charge in [0, 0.05) is 55.9 Å². The Labute approximate surface area is 248 Å². The van der Waals surface area contributed by atoms with Crippen molar-refractivity contribution in [1.82, 2.24) is 25.2 Å². The Bertz CT molecular complexity index is 1540. The number of hydrogen-bond donors (Lipinski definition) is 2. The summed E-state index contributed by atoms with van der Waals surface area (Å²) in [5, 5.41) is 10.5. The van der Waals surface area contributed by atoms with Crippen molar-refractivity contribution in [2.45, 2.75) is 32.9 Å². The van der Waals surface area contributed by atoms with E-state index in [1.807, 2.05) is 46.2 Å². The monoisotopic (exact) mass is 600 g/mol. The molecule has 0 unspecified atom stereocenters. The Hall–Kier alpha value is -4.10. The van der Waals surface area contributed by atoms with Gasteiger partial charge in [0.25, 0.3) is 5.91 Å². The van der Waals surface area contributed by atoms with E-state index in [0.29, 0.717) is 37.7 Å². The largest absolute Gasteiger partial charge is 0.419 e. The SMILES string of the molecule is Cc1ccc(C(=O)Nc2cc(N3CCCN(C)CCC3)c(F)c(C(F)(F)F)c2)cc1N1C=C(c2cnn(C)c2C)N(C)N1. The van der Waals surface area contributed by atoms with Crippen LogP contribution < -0.4 is 20.8 Å². The first-order valence-corrected chi connectivity index (χ1v) is 14.1. The van der Waals surface area contributed by atoms with Crippen molar-refractivity contribution in [3.8, 4) is 0 Å². The molecule has 2 aromatic carbocycles. The molecule has 3 heterocycles. The van der Waals surface area contributed by atoms with Gasteiger partial charge in [-0.05, 0) is 76.7 Å². The lowest BCUT2D eigenvalue weighted by Gasteiger charge is -2.31. The number of nitrogens with zero attached hydrogens (tertiary/aromatic N) is 6. The summed E-state index contributed by atoms with van der Waals surface area (Å²) < 4.78 is 58.8. The number of alkyl halides is 3. The zero-order valence-corrected chi connectivity index (χ0v) is 24.9. The van der Waals surface area contributed by atoms with Gasteiger partial charge in [0.05, 0.1) is 28.8 Å². The van der Waals surface area contributed by atoms with E-state index in [9.17, 15) is 18.0 Å². The highest BCUT2D eigenvalue weighted by molar-refractivity contribution is 6.05. The van der Waals surface area contributed by atoms with Crippen LogP contribution in [-0.4, -0.2) is 65.9 Å². The Morgan fingerprint density at radius 3 is 2.30 bits per heavy atom. The van der Waals surface area contributed by atoms with Crippen LogP contribution in [0.25, 0.3) is 5.70 Å². The number of anilines is 3. The maximum atomic E-state index is 15.3. The van der Waals surface area contributed by atoms with Gasteiger partial charge in [0.15, 0.2) is 5.82 Å². The van der Waals surface area contributed by atoms with E-state index in [4.69, 9.17) is 0 Å². The van der Waals surface area contributed by atoms with Crippen molar-refractivity contribution in [1.29, 1.82) is 0 Å². The highest BCUT2D eigenvalue weighted by Crippen LogP contribution is 2.38. The number of amides is 1. The van der Waals surface area contributed by atoms with Crippen LogP contribution in [0, 0.1) is 19.7 Å². The van der Waals surface area contributed by atoms with Crippen molar-refractivity contribution >= 4 is 28.7 Å². The van der Waals surface area contributed by atoms with Crippen LogP contribution in [0.4, 0.5) is 34.6 Å². The van der Waals surface area contributed by atoms with E-state index in [2.05, 4.69) is 20.9 Å². The van der Waals surface area contributed by atoms with E-state index in [1.165, 1.54) is 6.07 Å². The number of carbonyl (C=O) groups excluding carboxylic acids is 1. The highest BCUT2D eigenvalue weighted by Gasteiger charge is 2.37. The summed E-state index contributed by atoms with van der Waals surface area (Å²) in [5.41, 5.74) is 6.10. The lowest BCUT2D eigenvalue weighted by Crippen LogP contribution is -2.38. The van der Waals surface area contributed by atoms with E-state index >= 15 is 4.39 Å². The maximum Gasteiger partial charge on any atom is 0.419 e. The van der Waals surface area contributed by atoms with Gasteiger partial charge in [-0.3, -0.25) is 19.5 Å². The molecule has 0 spiro atoms. The molecule has 1 aromatic heterocycles. The Morgan fingerprint density at radius 1 is 0.977 bits per heavy atom. The number of halogens is 4. The summed E-state index contributed by atoms with van der Waals surface area (Å²) >= 11 is 0. The van der Waals surface area contributed by atoms with Crippen molar-refractivity contribution in [2.75, 3.05) is 55.5 Å². The predicted molar refractivity (Wildman–Crippen MR) is 159 cm³/mol. The van der Waals surface area contributed by atoms with E-state index in [-0.39, 0.29) is 16.9 Å². The van der Waals surface area contributed by atoms with Crippen LogP contribution in [0.3, 0.4) is 0 Å².